The van der Waals surface area contributed by atoms with E-state index in [1.54, 1.807) is 6.08 Å². The van der Waals surface area contributed by atoms with Crippen LogP contribution in [-0.4, -0.2) is 33.0 Å². The van der Waals surface area contributed by atoms with Crippen molar-refractivity contribution in [3.8, 4) is 0 Å². The maximum Gasteiger partial charge on any atom is 0.342 e. The lowest BCUT2D eigenvalue weighted by molar-refractivity contribution is -0.164. The van der Waals surface area contributed by atoms with Gasteiger partial charge in [0, 0.05) is 0 Å². The summed E-state index contributed by atoms with van der Waals surface area (Å²) in [6.45, 7) is 0. The summed E-state index contributed by atoms with van der Waals surface area (Å²) in [6, 6.07) is 0. The number of allylic oxidation sites excluding steroid dienone is 1. The molecule has 0 saturated carbocycles. The van der Waals surface area contributed by atoms with Crippen LogP contribution < -0.4 is 0 Å². The van der Waals surface area contributed by atoms with Crippen LogP contribution in [0.1, 0.15) is 12.8 Å². The van der Waals surface area contributed by atoms with E-state index in [1.165, 1.54) is 0 Å². The molecule has 0 aromatic rings. The molecule has 0 spiro atoms. The summed E-state index contributed by atoms with van der Waals surface area (Å²) in [5.41, 5.74) is -2.07. The van der Waals surface area contributed by atoms with E-state index >= 15 is 0 Å². The van der Waals surface area contributed by atoms with Gasteiger partial charge in [-0.1, -0.05) is 6.08 Å². The van der Waals surface area contributed by atoms with Crippen molar-refractivity contribution in [2.45, 2.75) is 24.5 Å². The maximum absolute atomic E-state index is 10.4. The second-order valence-electron chi connectivity index (χ2n) is 2.63. The van der Waals surface area contributed by atoms with E-state index in [-0.39, 0.29) is 0 Å². The van der Waals surface area contributed by atoms with Crippen molar-refractivity contribution in [1.82, 2.24) is 0 Å². The van der Waals surface area contributed by atoms with E-state index in [0.29, 0.717) is 12.8 Å². The first kappa shape index (κ1) is 8.23. The predicted octanol–water partition coefficient (Wildman–Crippen LogP) is -0.487. The summed E-state index contributed by atoms with van der Waals surface area (Å²) in [5, 5.41) is 26.9. The normalized spacial score (nSPS) is 37.1. The first-order valence-electron chi connectivity index (χ1n) is 3.39. The quantitative estimate of drug-likeness (QED) is 0.450. The van der Waals surface area contributed by atoms with Crippen LogP contribution in [0.25, 0.3) is 0 Å². The van der Waals surface area contributed by atoms with Crippen LogP contribution in [0.5, 0.6) is 0 Å². The van der Waals surface area contributed by atoms with Crippen LogP contribution in [-0.2, 0) is 4.79 Å². The van der Waals surface area contributed by atoms with Crippen molar-refractivity contribution < 1.29 is 20.1 Å². The molecule has 1 aliphatic rings. The molecule has 0 fully saturated rings. The topological polar surface area (TPSA) is 77.8 Å². The summed E-state index contributed by atoms with van der Waals surface area (Å²) in [5.74, 6) is -1.40. The van der Waals surface area contributed by atoms with E-state index in [2.05, 4.69) is 0 Å². The van der Waals surface area contributed by atoms with Crippen molar-refractivity contribution in [3.05, 3.63) is 12.2 Å². The summed E-state index contributed by atoms with van der Waals surface area (Å²) in [4.78, 5) is 10.4. The molecule has 4 nitrogen and oxygen atoms in total. The van der Waals surface area contributed by atoms with E-state index in [9.17, 15) is 9.90 Å². The number of rotatable bonds is 1. The first-order chi connectivity index (χ1) is 5.07. The first-order valence-corrected chi connectivity index (χ1v) is 3.39. The molecule has 3 N–H and O–H groups in total. The third kappa shape index (κ3) is 1.27. The van der Waals surface area contributed by atoms with Gasteiger partial charge in [0.1, 0.15) is 0 Å². The highest BCUT2D eigenvalue weighted by molar-refractivity contribution is 5.80. The van der Waals surface area contributed by atoms with Crippen LogP contribution >= 0.6 is 0 Å². The predicted molar refractivity (Wildman–Crippen MR) is 37.0 cm³/mol. The Hall–Kier alpha value is -0.870. The molecule has 0 saturated heterocycles. The SMILES string of the molecule is O=C(O)C1(O)C=CCCC1O. The molecule has 4 heteroatoms. The second kappa shape index (κ2) is 2.64. The van der Waals surface area contributed by atoms with E-state index in [4.69, 9.17) is 10.2 Å². The standard InChI is InChI=1S/C7H10O4/c8-5-3-1-2-4-7(5,11)6(9)10/h2,4-5,8,11H,1,3H2,(H,9,10). The summed E-state index contributed by atoms with van der Waals surface area (Å²) < 4.78 is 0. The Morgan fingerprint density at radius 2 is 2.27 bits per heavy atom. The van der Waals surface area contributed by atoms with Gasteiger partial charge in [-0.2, -0.15) is 0 Å². The van der Waals surface area contributed by atoms with Crippen LogP contribution in [0.3, 0.4) is 0 Å². The number of aliphatic carboxylic acids is 1. The van der Waals surface area contributed by atoms with Gasteiger partial charge in [-0.25, -0.2) is 4.79 Å². The van der Waals surface area contributed by atoms with Crippen LogP contribution in [0.15, 0.2) is 12.2 Å². The Balaban J connectivity index is 2.89. The minimum absolute atomic E-state index is 0.291. The highest BCUT2D eigenvalue weighted by Crippen LogP contribution is 2.22. The largest absolute Gasteiger partial charge is 0.479 e. The van der Waals surface area contributed by atoms with Gasteiger partial charge in [0.15, 0.2) is 0 Å². The zero-order chi connectivity index (χ0) is 8.48. The number of carboxylic acid groups (broad SMARTS) is 1. The van der Waals surface area contributed by atoms with Crippen molar-refractivity contribution >= 4 is 5.97 Å². The highest BCUT2D eigenvalue weighted by atomic mass is 16.4. The molecule has 11 heavy (non-hydrogen) atoms. The van der Waals surface area contributed by atoms with E-state index in [0.717, 1.165) is 6.08 Å². The van der Waals surface area contributed by atoms with Gasteiger partial charge in [0.2, 0.25) is 5.60 Å². The molecule has 1 aliphatic carbocycles. The molecule has 1 rings (SSSR count). The number of hydrogen-bond donors (Lipinski definition) is 3. The lowest BCUT2D eigenvalue weighted by Crippen LogP contribution is -2.49. The van der Waals surface area contributed by atoms with Gasteiger partial charge < -0.3 is 15.3 Å². The Bertz CT molecular complexity index is 199. The molecule has 2 unspecified atom stereocenters. The molecular weight excluding hydrogens is 148 g/mol. The fourth-order valence-corrected chi connectivity index (χ4v) is 1.06. The van der Waals surface area contributed by atoms with Crippen LogP contribution in [0.4, 0.5) is 0 Å². The highest BCUT2D eigenvalue weighted by Gasteiger charge is 2.42. The second-order valence-corrected chi connectivity index (χ2v) is 2.63. The van der Waals surface area contributed by atoms with Crippen molar-refractivity contribution in [2.75, 3.05) is 0 Å². The van der Waals surface area contributed by atoms with Crippen molar-refractivity contribution in [3.63, 3.8) is 0 Å². The Morgan fingerprint density at radius 3 is 2.64 bits per heavy atom. The molecule has 0 radical (unpaired) electrons. The van der Waals surface area contributed by atoms with E-state index in [1.807, 2.05) is 0 Å². The molecule has 0 bridgehead atoms. The van der Waals surface area contributed by atoms with E-state index < -0.39 is 17.7 Å². The van der Waals surface area contributed by atoms with Gasteiger partial charge in [0.05, 0.1) is 6.10 Å². The fourth-order valence-electron chi connectivity index (χ4n) is 1.06. The molecule has 0 amide bonds. The maximum atomic E-state index is 10.4. The molecule has 0 heterocycles. The van der Waals surface area contributed by atoms with Gasteiger partial charge >= 0.3 is 5.97 Å². The Labute approximate surface area is 63.8 Å². The van der Waals surface area contributed by atoms with Crippen LogP contribution in [0, 0.1) is 0 Å². The Morgan fingerprint density at radius 1 is 1.64 bits per heavy atom. The molecule has 0 aromatic carbocycles. The Kier molecular flexibility index (Phi) is 1.97. The van der Waals surface area contributed by atoms with Gasteiger partial charge in [-0.05, 0) is 18.9 Å². The van der Waals surface area contributed by atoms with Gasteiger partial charge in [-0.3, -0.25) is 0 Å². The average Bonchev–Trinajstić information content (AvgIpc) is 1.95. The zero-order valence-corrected chi connectivity index (χ0v) is 5.90. The fraction of sp³-hybridized carbons (Fsp3) is 0.571. The lowest BCUT2D eigenvalue weighted by atomic mass is 9.88. The smallest absolute Gasteiger partial charge is 0.342 e. The summed E-state index contributed by atoms with van der Waals surface area (Å²) >= 11 is 0. The third-order valence-corrected chi connectivity index (χ3v) is 1.83. The van der Waals surface area contributed by atoms with Gasteiger partial charge in [-0.15, -0.1) is 0 Å². The minimum Gasteiger partial charge on any atom is -0.479 e. The van der Waals surface area contributed by atoms with Crippen molar-refractivity contribution in [1.29, 1.82) is 0 Å². The third-order valence-electron chi connectivity index (χ3n) is 1.83. The monoisotopic (exact) mass is 158 g/mol. The summed E-state index contributed by atoms with van der Waals surface area (Å²) in [6.07, 6.45) is 2.39. The number of aliphatic hydroxyl groups excluding tert-OH is 1. The van der Waals surface area contributed by atoms with Gasteiger partial charge in [0.25, 0.3) is 0 Å². The lowest BCUT2D eigenvalue weighted by Gasteiger charge is -2.28. The molecule has 0 aliphatic heterocycles. The summed E-state index contributed by atoms with van der Waals surface area (Å²) in [7, 11) is 0. The number of carbonyl (C=O) groups is 1. The number of hydrogen-bond acceptors (Lipinski definition) is 3. The van der Waals surface area contributed by atoms with Crippen molar-refractivity contribution in [2.24, 2.45) is 0 Å². The number of carboxylic acids is 1. The zero-order valence-electron chi connectivity index (χ0n) is 5.90. The number of aliphatic hydroxyl groups is 2. The molecule has 2 atom stereocenters. The molecular formula is C7H10O4. The average molecular weight is 158 g/mol. The minimum atomic E-state index is -2.07. The van der Waals surface area contributed by atoms with Crippen LogP contribution in [0.2, 0.25) is 0 Å². The molecule has 62 valence electrons. The molecule has 0 aromatic heterocycles.